The van der Waals surface area contributed by atoms with E-state index in [4.69, 9.17) is 0 Å². The molecule has 0 saturated heterocycles. The molecule has 0 aliphatic rings. The lowest BCUT2D eigenvalue weighted by Gasteiger charge is -2.22. The SMILES string of the molecule is CCc1ccc(N(C(=O)/C=C/c2ccc(F)cc2)S(=O)(=O)c2ccc(C)cc2)cc1. The molecule has 0 aromatic heterocycles. The van der Waals surface area contributed by atoms with E-state index < -0.39 is 21.7 Å². The number of nitrogens with zero attached hydrogens (tertiary/aromatic N) is 1. The van der Waals surface area contributed by atoms with E-state index in [1.165, 1.54) is 48.6 Å². The van der Waals surface area contributed by atoms with Crippen molar-refractivity contribution in [3.8, 4) is 0 Å². The van der Waals surface area contributed by atoms with Crippen LogP contribution in [0.2, 0.25) is 0 Å². The number of anilines is 1. The van der Waals surface area contributed by atoms with Crippen LogP contribution in [-0.4, -0.2) is 14.3 Å². The zero-order valence-corrected chi connectivity index (χ0v) is 17.6. The molecule has 0 radical (unpaired) electrons. The Kier molecular flexibility index (Phi) is 6.47. The maximum Gasteiger partial charge on any atom is 0.271 e. The highest BCUT2D eigenvalue weighted by atomic mass is 32.2. The maximum atomic E-state index is 13.3. The van der Waals surface area contributed by atoms with E-state index in [1.54, 1.807) is 36.4 Å². The van der Waals surface area contributed by atoms with Gasteiger partial charge in [-0.25, -0.2) is 12.8 Å². The van der Waals surface area contributed by atoms with Crippen LogP contribution in [0.4, 0.5) is 10.1 Å². The Morgan fingerprint density at radius 2 is 1.53 bits per heavy atom. The van der Waals surface area contributed by atoms with Gasteiger partial charge in [0, 0.05) is 6.08 Å². The van der Waals surface area contributed by atoms with E-state index in [0.29, 0.717) is 5.56 Å². The van der Waals surface area contributed by atoms with Crippen LogP contribution in [0.3, 0.4) is 0 Å². The highest BCUT2D eigenvalue weighted by molar-refractivity contribution is 7.93. The van der Waals surface area contributed by atoms with Crippen molar-refractivity contribution in [3.05, 3.63) is 101 Å². The molecule has 0 saturated carbocycles. The average Bonchev–Trinajstić information content (AvgIpc) is 2.74. The molecule has 3 aromatic rings. The number of halogens is 1. The number of sulfonamides is 1. The van der Waals surface area contributed by atoms with Crippen LogP contribution in [0, 0.1) is 12.7 Å². The monoisotopic (exact) mass is 423 g/mol. The Bertz CT molecular complexity index is 1150. The summed E-state index contributed by atoms with van der Waals surface area (Å²) in [6, 6.07) is 18.7. The molecular weight excluding hydrogens is 401 g/mol. The minimum absolute atomic E-state index is 0.0243. The Morgan fingerprint density at radius 1 is 0.933 bits per heavy atom. The van der Waals surface area contributed by atoms with Gasteiger partial charge in [0.2, 0.25) is 0 Å². The van der Waals surface area contributed by atoms with Crippen LogP contribution in [0.1, 0.15) is 23.6 Å². The van der Waals surface area contributed by atoms with E-state index in [2.05, 4.69) is 0 Å². The van der Waals surface area contributed by atoms with Crippen molar-refractivity contribution in [2.24, 2.45) is 0 Å². The fraction of sp³-hybridized carbons (Fsp3) is 0.125. The summed E-state index contributed by atoms with van der Waals surface area (Å²) in [5.74, 6) is -1.11. The fourth-order valence-corrected chi connectivity index (χ4v) is 4.26. The second-order valence-electron chi connectivity index (χ2n) is 6.83. The van der Waals surface area contributed by atoms with Crippen molar-refractivity contribution < 1.29 is 17.6 Å². The highest BCUT2D eigenvalue weighted by Crippen LogP contribution is 2.25. The second kappa shape index (κ2) is 9.05. The molecule has 0 fully saturated rings. The number of amides is 1. The number of carbonyl (C=O) groups is 1. The lowest BCUT2D eigenvalue weighted by atomic mass is 10.1. The summed E-state index contributed by atoms with van der Waals surface area (Å²) >= 11 is 0. The van der Waals surface area contributed by atoms with E-state index in [0.717, 1.165) is 21.9 Å². The maximum absolute atomic E-state index is 13.3. The molecule has 0 aliphatic heterocycles. The molecule has 154 valence electrons. The molecular formula is C24H22FNO3S. The quantitative estimate of drug-likeness (QED) is 0.517. The smallest absolute Gasteiger partial charge is 0.268 e. The molecule has 0 unspecified atom stereocenters. The average molecular weight is 424 g/mol. The summed E-state index contributed by atoms with van der Waals surface area (Å²) in [6.07, 6.45) is 3.43. The van der Waals surface area contributed by atoms with E-state index in [-0.39, 0.29) is 10.6 Å². The summed E-state index contributed by atoms with van der Waals surface area (Å²) in [7, 11) is -4.13. The van der Waals surface area contributed by atoms with Crippen molar-refractivity contribution >= 4 is 27.7 Å². The van der Waals surface area contributed by atoms with E-state index in [1.807, 2.05) is 13.8 Å². The molecule has 3 aromatic carbocycles. The lowest BCUT2D eigenvalue weighted by Crippen LogP contribution is -2.35. The summed E-state index contributed by atoms with van der Waals surface area (Å²) in [5.41, 5.74) is 2.77. The molecule has 0 heterocycles. The van der Waals surface area contributed by atoms with Gasteiger partial charge >= 0.3 is 0 Å². The van der Waals surface area contributed by atoms with Crippen LogP contribution >= 0.6 is 0 Å². The van der Waals surface area contributed by atoms with Crippen LogP contribution in [0.5, 0.6) is 0 Å². The second-order valence-corrected chi connectivity index (χ2v) is 8.61. The van der Waals surface area contributed by atoms with Crippen molar-refractivity contribution in [2.75, 3.05) is 4.31 Å². The first-order valence-corrected chi connectivity index (χ1v) is 10.9. The van der Waals surface area contributed by atoms with E-state index >= 15 is 0 Å². The van der Waals surface area contributed by atoms with Crippen molar-refractivity contribution in [1.29, 1.82) is 0 Å². The van der Waals surface area contributed by atoms with Crippen LogP contribution in [-0.2, 0) is 21.2 Å². The Labute approximate surface area is 176 Å². The van der Waals surface area contributed by atoms with Gasteiger partial charge in [-0.05, 0) is 66.9 Å². The minimum Gasteiger partial charge on any atom is -0.268 e. The highest BCUT2D eigenvalue weighted by Gasteiger charge is 2.29. The Balaban J connectivity index is 2.03. The van der Waals surface area contributed by atoms with Gasteiger partial charge < -0.3 is 0 Å². The first kappa shape index (κ1) is 21.5. The van der Waals surface area contributed by atoms with Crippen molar-refractivity contribution in [1.82, 2.24) is 0 Å². The number of aryl methyl sites for hydroxylation is 2. The molecule has 0 bridgehead atoms. The van der Waals surface area contributed by atoms with Crippen molar-refractivity contribution in [2.45, 2.75) is 25.2 Å². The van der Waals surface area contributed by atoms with Gasteiger partial charge in [0.25, 0.3) is 15.9 Å². The van der Waals surface area contributed by atoms with Gasteiger partial charge in [-0.1, -0.05) is 48.9 Å². The summed E-state index contributed by atoms with van der Waals surface area (Å²) in [5, 5.41) is 0. The molecule has 4 nitrogen and oxygen atoms in total. The number of hydrogen-bond acceptors (Lipinski definition) is 3. The van der Waals surface area contributed by atoms with Gasteiger partial charge in [-0.15, -0.1) is 0 Å². The van der Waals surface area contributed by atoms with Gasteiger partial charge in [-0.3, -0.25) is 4.79 Å². The normalized spacial score (nSPS) is 11.6. The first-order chi connectivity index (χ1) is 14.3. The molecule has 30 heavy (non-hydrogen) atoms. The molecule has 1 amide bonds. The van der Waals surface area contributed by atoms with Gasteiger partial charge in [0.05, 0.1) is 10.6 Å². The molecule has 0 atom stereocenters. The number of rotatable bonds is 6. The minimum atomic E-state index is -4.13. The van der Waals surface area contributed by atoms with Crippen molar-refractivity contribution in [3.63, 3.8) is 0 Å². The van der Waals surface area contributed by atoms with Crippen LogP contribution in [0.25, 0.3) is 6.08 Å². The molecule has 0 N–H and O–H groups in total. The van der Waals surface area contributed by atoms with Gasteiger partial charge in [0.1, 0.15) is 5.82 Å². The third kappa shape index (κ3) is 4.83. The van der Waals surface area contributed by atoms with Crippen LogP contribution < -0.4 is 4.31 Å². The fourth-order valence-electron chi connectivity index (χ4n) is 2.88. The number of benzene rings is 3. The Hall–Kier alpha value is -3.25. The first-order valence-electron chi connectivity index (χ1n) is 9.50. The Morgan fingerprint density at radius 3 is 2.10 bits per heavy atom. The third-order valence-corrected chi connectivity index (χ3v) is 6.37. The zero-order chi connectivity index (χ0) is 21.7. The predicted octanol–water partition coefficient (Wildman–Crippen LogP) is 5.13. The summed E-state index contributed by atoms with van der Waals surface area (Å²) in [6.45, 7) is 3.85. The largest absolute Gasteiger partial charge is 0.271 e. The summed E-state index contributed by atoms with van der Waals surface area (Å²) < 4.78 is 40.5. The molecule has 3 rings (SSSR count). The van der Waals surface area contributed by atoms with Crippen LogP contribution in [0.15, 0.2) is 83.8 Å². The molecule has 0 aliphatic carbocycles. The van der Waals surface area contributed by atoms with Gasteiger partial charge in [-0.2, -0.15) is 4.31 Å². The van der Waals surface area contributed by atoms with E-state index in [9.17, 15) is 17.6 Å². The molecule has 6 heteroatoms. The number of carbonyl (C=O) groups excluding carboxylic acids is 1. The third-order valence-electron chi connectivity index (χ3n) is 4.63. The predicted molar refractivity (Wildman–Crippen MR) is 117 cm³/mol. The number of hydrogen-bond donors (Lipinski definition) is 0. The lowest BCUT2D eigenvalue weighted by molar-refractivity contribution is -0.113. The summed E-state index contributed by atoms with van der Waals surface area (Å²) in [4.78, 5) is 13.0. The molecule has 0 spiro atoms. The zero-order valence-electron chi connectivity index (χ0n) is 16.7. The van der Waals surface area contributed by atoms with Gasteiger partial charge in [0.15, 0.2) is 0 Å². The standard InChI is InChI=1S/C24H22FNO3S/c1-3-19-8-13-22(14-9-19)26(30(28,29)23-15-4-18(2)5-16-23)24(27)17-10-20-6-11-21(25)12-7-20/h4-17H,3H2,1-2H3/b17-10+. The topological polar surface area (TPSA) is 54.5 Å².